The van der Waals surface area contributed by atoms with Crippen molar-refractivity contribution in [3.8, 4) is 0 Å². The molecule has 16 heavy (non-hydrogen) atoms. The second-order valence-corrected chi connectivity index (χ2v) is 6.49. The highest BCUT2D eigenvalue weighted by Crippen LogP contribution is 2.13. The van der Waals surface area contributed by atoms with Crippen molar-refractivity contribution in [2.24, 2.45) is 0 Å². The quantitative estimate of drug-likeness (QED) is 0.700. The number of aliphatic hydroxyl groups is 1. The predicted octanol–water partition coefficient (Wildman–Crippen LogP) is 0.0868. The first-order chi connectivity index (χ1) is 7.16. The smallest absolute Gasteiger partial charge is 0.238 e. The number of hydrogen-bond donors (Lipinski definition) is 2. The standard InChI is InChI=1S/C10H21NO4S/c1-5-10(13,6-2)7-11-9(12)8(3)16(4,14)15/h8,13H,5-7H2,1-4H3,(H,11,12). The second kappa shape index (κ2) is 5.63. The fourth-order valence-corrected chi connectivity index (χ4v) is 1.56. The van der Waals surface area contributed by atoms with Crippen molar-refractivity contribution in [1.29, 1.82) is 0 Å². The van der Waals surface area contributed by atoms with Crippen LogP contribution in [0, 0.1) is 0 Å². The summed E-state index contributed by atoms with van der Waals surface area (Å²) in [5, 5.41) is 11.3. The summed E-state index contributed by atoms with van der Waals surface area (Å²) >= 11 is 0. The predicted molar refractivity (Wildman–Crippen MR) is 62.8 cm³/mol. The van der Waals surface area contributed by atoms with Gasteiger partial charge >= 0.3 is 0 Å². The molecule has 0 fully saturated rings. The molecular formula is C10H21NO4S. The van der Waals surface area contributed by atoms with E-state index >= 15 is 0 Å². The van der Waals surface area contributed by atoms with Gasteiger partial charge in [-0.1, -0.05) is 13.8 Å². The molecule has 6 heteroatoms. The maximum absolute atomic E-state index is 11.5. The van der Waals surface area contributed by atoms with Crippen LogP contribution in [0.5, 0.6) is 0 Å². The second-order valence-electron chi connectivity index (χ2n) is 4.12. The SMILES string of the molecule is CCC(O)(CC)CNC(=O)C(C)S(C)(=O)=O. The normalized spacial score (nSPS) is 14.6. The zero-order valence-corrected chi connectivity index (χ0v) is 11.1. The van der Waals surface area contributed by atoms with Crippen molar-refractivity contribution >= 4 is 15.7 Å². The number of hydrogen-bond acceptors (Lipinski definition) is 4. The molecule has 0 heterocycles. The number of carbonyl (C=O) groups excluding carboxylic acids is 1. The van der Waals surface area contributed by atoms with Gasteiger partial charge in [-0.3, -0.25) is 4.79 Å². The van der Waals surface area contributed by atoms with E-state index in [1.807, 2.05) is 13.8 Å². The molecule has 0 rings (SSSR count). The monoisotopic (exact) mass is 251 g/mol. The van der Waals surface area contributed by atoms with Crippen molar-refractivity contribution in [2.75, 3.05) is 12.8 Å². The van der Waals surface area contributed by atoms with E-state index in [9.17, 15) is 18.3 Å². The highest BCUT2D eigenvalue weighted by molar-refractivity contribution is 7.92. The number of amides is 1. The lowest BCUT2D eigenvalue weighted by Gasteiger charge is -2.25. The molecule has 2 N–H and O–H groups in total. The zero-order chi connectivity index (χ0) is 13.0. The van der Waals surface area contributed by atoms with Gasteiger partial charge in [0.15, 0.2) is 9.84 Å². The molecule has 0 aliphatic heterocycles. The van der Waals surface area contributed by atoms with E-state index in [-0.39, 0.29) is 6.54 Å². The Morgan fingerprint density at radius 3 is 2.12 bits per heavy atom. The molecule has 96 valence electrons. The molecule has 1 amide bonds. The molecule has 0 radical (unpaired) electrons. The van der Waals surface area contributed by atoms with Gasteiger partial charge in [0.05, 0.1) is 5.60 Å². The summed E-state index contributed by atoms with van der Waals surface area (Å²) < 4.78 is 22.2. The summed E-state index contributed by atoms with van der Waals surface area (Å²) in [4.78, 5) is 11.5. The topological polar surface area (TPSA) is 83.5 Å². The molecule has 0 bridgehead atoms. The fraction of sp³-hybridized carbons (Fsp3) is 0.900. The molecule has 0 aromatic carbocycles. The Kier molecular flexibility index (Phi) is 5.41. The van der Waals surface area contributed by atoms with E-state index in [1.165, 1.54) is 6.92 Å². The molecule has 5 nitrogen and oxygen atoms in total. The van der Waals surface area contributed by atoms with Crippen LogP contribution in [0.3, 0.4) is 0 Å². The van der Waals surface area contributed by atoms with Crippen LogP contribution in [0.4, 0.5) is 0 Å². The molecule has 0 aliphatic carbocycles. The highest BCUT2D eigenvalue weighted by Gasteiger charge is 2.27. The Morgan fingerprint density at radius 2 is 1.81 bits per heavy atom. The largest absolute Gasteiger partial charge is 0.388 e. The molecule has 1 unspecified atom stereocenters. The van der Waals surface area contributed by atoms with Gasteiger partial charge in [-0.25, -0.2) is 8.42 Å². The summed E-state index contributed by atoms with van der Waals surface area (Å²) in [7, 11) is -3.38. The molecule has 0 aromatic heterocycles. The lowest BCUT2D eigenvalue weighted by Crippen LogP contribution is -2.46. The van der Waals surface area contributed by atoms with Gasteiger partial charge in [-0.05, 0) is 19.8 Å². The first-order valence-electron chi connectivity index (χ1n) is 5.35. The van der Waals surface area contributed by atoms with Crippen molar-refractivity contribution in [3.05, 3.63) is 0 Å². The Morgan fingerprint density at radius 1 is 1.38 bits per heavy atom. The van der Waals surface area contributed by atoms with Crippen LogP contribution in [-0.2, 0) is 14.6 Å². The van der Waals surface area contributed by atoms with Gasteiger partial charge in [0.2, 0.25) is 5.91 Å². The Labute approximate surface area is 97.2 Å². The Balaban J connectivity index is 4.39. The van der Waals surface area contributed by atoms with Crippen LogP contribution in [0.1, 0.15) is 33.6 Å². The molecule has 1 atom stereocenters. The van der Waals surface area contributed by atoms with Crippen LogP contribution < -0.4 is 5.32 Å². The van der Waals surface area contributed by atoms with Crippen LogP contribution in [0.25, 0.3) is 0 Å². The van der Waals surface area contributed by atoms with E-state index in [4.69, 9.17) is 0 Å². The van der Waals surface area contributed by atoms with Gasteiger partial charge < -0.3 is 10.4 Å². The third kappa shape index (κ3) is 4.49. The van der Waals surface area contributed by atoms with Crippen molar-refractivity contribution < 1.29 is 18.3 Å². The van der Waals surface area contributed by atoms with Crippen LogP contribution in [-0.4, -0.2) is 43.1 Å². The van der Waals surface area contributed by atoms with Crippen molar-refractivity contribution in [2.45, 2.75) is 44.5 Å². The summed E-state index contributed by atoms with van der Waals surface area (Å²) in [6, 6.07) is 0. The fourth-order valence-electron chi connectivity index (χ4n) is 1.09. The zero-order valence-electron chi connectivity index (χ0n) is 10.3. The number of carbonyl (C=O) groups is 1. The average molecular weight is 251 g/mol. The summed E-state index contributed by atoms with van der Waals surface area (Å²) in [6.07, 6.45) is 2.04. The van der Waals surface area contributed by atoms with Crippen molar-refractivity contribution in [3.63, 3.8) is 0 Å². The van der Waals surface area contributed by atoms with E-state index in [0.717, 1.165) is 6.26 Å². The third-order valence-electron chi connectivity index (χ3n) is 2.92. The summed E-state index contributed by atoms with van der Waals surface area (Å²) in [5.74, 6) is -0.567. The van der Waals surface area contributed by atoms with Crippen molar-refractivity contribution in [1.82, 2.24) is 5.32 Å². The Bertz CT molecular complexity index is 333. The van der Waals surface area contributed by atoms with Crippen LogP contribution >= 0.6 is 0 Å². The lowest BCUT2D eigenvalue weighted by molar-refractivity contribution is -0.121. The van der Waals surface area contributed by atoms with Gasteiger partial charge in [0.25, 0.3) is 0 Å². The Hall–Kier alpha value is -0.620. The van der Waals surface area contributed by atoms with Gasteiger partial charge in [-0.2, -0.15) is 0 Å². The molecule has 0 spiro atoms. The third-order valence-corrected chi connectivity index (χ3v) is 4.42. The minimum Gasteiger partial charge on any atom is -0.388 e. The maximum Gasteiger partial charge on any atom is 0.238 e. The molecule has 0 saturated carbocycles. The molecule has 0 aliphatic rings. The molecule has 0 aromatic rings. The minimum atomic E-state index is -3.38. The van der Waals surface area contributed by atoms with E-state index in [0.29, 0.717) is 12.8 Å². The van der Waals surface area contributed by atoms with E-state index in [1.54, 1.807) is 0 Å². The van der Waals surface area contributed by atoms with Gasteiger partial charge in [-0.15, -0.1) is 0 Å². The average Bonchev–Trinajstić information content (AvgIpc) is 2.23. The summed E-state index contributed by atoms with van der Waals surface area (Å²) in [6.45, 7) is 5.05. The molecular weight excluding hydrogens is 230 g/mol. The summed E-state index contributed by atoms with van der Waals surface area (Å²) in [5.41, 5.74) is -0.952. The molecule has 0 saturated heterocycles. The number of rotatable bonds is 6. The highest BCUT2D eigenvalue weighted by atomic mass is 32.2. The lowest BCUT2D eigenvalue weighted by atomic mass is 9.97. The number of sulfone groups is 1. The first-order valence-corrected chi connectivity index (χ1v) is 7.30. The first kappa shape index (κ1) is 15.4. The van der Waals surface area contributed by atoms with Crippen LogP contribution in [0.2, 0.25) is 0 Å². The van der Waals surface area contributed by atoms with E-state index < -0.39 is 26.6 Å². The van der Waals surface area contributed by atoms with E-state index in [2.05, 4.69) is 5.32 Å². The maximum atomic E-state index is 11.5. The van der Waals surface area contributed by atoms with Gasteiger partial charge in [0.1, 0.15) is 5.25 Å². The van der Waals surface area contributed by atoms with Gasteiger partial charge in [0, 0.05) is 12.8 Å². The van der Waals surface area contributed by atoms with Crippen LogP contribution in [0.15, 0.2) is 0 Å². The minimum absolute atomic E-state index is 0.0820. The number of nitrogens with one attached hydrogen (secondary N) is 1.